The summed E-state index contributed by atoms with van der Waals surface area (Å²) in [7, 11) is 0. The number of carbonyl (C=O) groups excluding carboxylic acids is 1. The molecule has 0 amide bonds. The molecule has 1 saturated carbocycles. The van der Waals surface area contributed by atoms with E-state index in [1.54, 1.807) is 0 Å². The fourth-order valence-electron chi connectivity index (χ4n) is 5.09. The van der Waals surface area contributed by atoms with Gasteiger partial charge in [-0.15, -0.1) is 10.2 Å². The Bertz CT molecular complexity index is 1250. The zero-order valence-electron chi connectivity index (χ0n) is 18.5. The molecule has 7 heteroatoms. The van der Waals surface area contributed by atoms with Crippen molar-refractivity contribution in [2.45, 2.75) is 52.0 Å². The van der Waals surface area contributed by atoms with Crippen molar-refractivity contribution in [2.75, 3.05) is 6.61 Å². The maximum absolute atomic E-state index is 13.0. The van der Waals surface area contributed by atoms with Gasteiger partial charge in [0.15, 0.2) is 0 Å². The van der Waals surface area contributed by atoms with Crippen LogP contribution in [0.1, 0.15) is 61.1 Å². The molecule has 0 radical (unpaired) electrons. The van der Waals surface area contributed by atoms with Crippen LogP contribution in [-0.4, -0.2) is 37.8 Å². The lowest BCUT2D eigenvalue weighted by Crippen LogP contribution is -2.15. The molecule has 7 nitrogen and oxygen atoms in total. The van der Waals surface area contributed by atoms with Crippen LogP contribution in [0.15, 0.2) is 42.5 Å². The third kappa shape index (κ3) is 3.47. The minimum atomic E-state index is -0.256. The predicted octanol–water partition coefficient (Wildman–Crippen LogP) is 5.48. The second-order valence-electron chi connectivity index (χ2n) is 8.36. The highest BCUT2D eigenvalue weighted by Gasteiger charge is 2.26. The Morgan fingerprint density at radius 1 is 1.12 bits per heavy atom. The molecule has 0 saturated heterocycles. The molecule has 1 fully saturated rings. The highest BCUT2D eigenvalue weighted by Crippen LogP contribution is 2.39. The smallest absolute Gasteiger partial charge is 0.340 e. The number of esters is 1. The van der Waals surface area contributed by atoms with E-state index in [0.29, 0.717) is 24.0 Å². The first-order chi connectivity index (χ1) is 15.7. The van der Waals surface area contributed by atoms with Gasteiger partial charge in [0.1, 0.15) is 0 Å². The van der Waals surface area contributed by atoms with E-state index in [1.807, 2.05) is 38.1 Å². The second-order valence-corrected chi connectivity index (χ2v) is 8.36. The first-order valence-corrected chi connectivity index (χ1v) is 11.3. The molecular weight excluding hydrogens is 402 g/mol. The summed E-state index contributed by atoms with van der Waals surface area (Å²) in [6, 6.07) is 14.8. The van der Waals surface area contributed by atoms with E-state index in [2.05, 4.69) is 43.4 Å². The first-order valence-electron chi connectivity index (χ1n) is 11.3. The molecule has 164 valence electrons. The fraction of sp³-hybridized carbons (Fsp3) is 0.360. The van der Waals surface area contributed by atoms with Gasteiger partial charge in [-0.25, -0.2) is 4.79 Å². The lowest BCUT2D eigenvalue weighted by atomic mass is 9.95. The van der Waals surface area contributed by atoms with E-state index in [1.165, 1.54) is 19.3 Å². The van der Waals surface area contributed by atoms with Crippen LogP contribution in [0, 0.1) is 6.92 Å². The Balaban J connectivity index is 1.70. The zero-order valence-corrected chi connectivity index (χ0v) is 18.5. The number of nitrogens with one attached hydrogen (secondary N) is 1. The minimum Gasteiger partial charge on any atom is -0.462 e. The van der Waals surface area contributed by atoms with Crippen molar-refractivity contribution >= 4 is 16.9 Å². The number of rotatable bonds is 5. The maximum atomic E-state index is 13.0. The number of hydrogen-bond acceptors (Lipinski definition) is 5. The van der Waals surface area contributed by atoms with Crippen LogP contribution in [0.2, 0.25) is 0 Å². The van der Waals surface area contributed by atoms with Gasteiger partial charge in [0, 0.05) is 28.2 Å². The summed E-state index contributed by atoms with van der Waals surface area (Å²) < 4.78 is 7.83. The normalized spacial score (nSPS) is 14.7. The minimum absolute atomic E-state index is 0.256. The van der Waals surface area contributed by atoms with Gasteiger partial charge in [0.05, 0.1) is 12.2 Å². The summed E-state index contributed by atoms with van der Waals surface area (Å²) >= 11 is 0. The largest absolute Gasteiger partial charge is 0.462 e. The van der Waals surface area contributed by atoms with Crippen molar-refractivity contribution in [1.29, 1.82) is 0 Å². The maximum Gasteiger partial charge on any atom is 0.340 e. The van der Waals surface area contributed by atoms with Gasteiger partial charge >= 0.3 is 5.97 Å². The van der Waals surface area contributed by atoms with Crippen molar-refractivity contribution in [3.8, 4) is 22.5 Å². The van der Waals surface area contributed by atoms with Crippen LogP contribution in [0.4, 0.5) is 0 Å². The van der Waals surface area contributed by atoms with Gasteiger partial charge in [0.25, 0.3) is 0 Å². The average Bonchev–Trinajstić information content (AvgIpc) is 3.45. The molecule has 32 heavy (non-hydrogen) atoms. The molecule has 2 aromatic carbocycles. The molecule has 0 aliphatic heterocycles. The number of aromatic nitrogens is 5. The summed E-state index contributed by atoms with van der Waals surface area (Å²) in [5, 5.41) is 15.5. The Labute approximate surface area is 186 Å². The molecule has 4 aromatic rings. The molecule has 2 heterocycles. The second kappa shape index (κ2) is 8.57. The molecule has 1 aliphatic carbocycles. The number of benzene rings is 2. The monoisotopic (exact) mass is 429 g/mol. The number of aromatic amines is 1. The Hall–Kier alpha value is -3.48. The van der Waals surface area contributed by atoms with Gasteiger partial charge in [-0.2, -0.15) is 5.21 Å². The van der Waals surface area contributed by atoms with Gasteiger partial charge < -0.3 is 9.30 Å². The summed E-state index contributed by atoms with van der Waals surface area (Å²) in [6.07, 6.45) is 6.05. The molecule has 2 aromatic heterocycles. The van der Waals surface area contributed by atoms with E-state index in [-0.39, 0.29) is 5.97 Å². The molecule has 0 spiro atoms. The summed E-state index contributed by atoms with van der Waals surface area (Å²) in [6.45, 7) is 4.25. The van der Waals surface area contributed by atoms with Gasteiger partial charge in [-0.1, -0.05) is 49.6 Å². The molecule has 5 rings (SSSR count). The van der Waals surface area contributed by atoms with Crippen molar-refractivity contribution in [3.05, 3.63) is 53.7 Å². The number of ether oxygens (including phenoxy) is 1. The van der Waals surface area contributed by atoms with Crippen LogP contribution in [-0.2, 0) is 4.74 Å². The van der Waals surface area contributed by atoms with Crippen molar-refractivity contribution in [2.24, 2.45) is 0 Å². The molecule has 0 bridgehead atoms. The Morgan fingerprint density at radius 3 is 2.62 bits per heavy atom. The van der Waals surface area contributed by atoms with Gasteiger partial charge in [-0.05, 0) is 55.2 Å². The average molecular weight is 430 g/mol. The van der Waals surface area contributed by atoms with Crippen LogP contribution >= 0.6 is 0 Å². The van der Waals surface area contributed by atoms with E-state index < -0.39 is 0 Å². The number of fused-ring (bicyclic) bond motifs is 1. The summed E-state index contributed by atoms with van der Waals surface area (Å²) in [4.78, 5) is 13.0. The number of tetrazole rings is 1. The van der Waals surface area contributed by atoms with E-state index in [9.17, 15) is 4.79 Å². The summed E-state index contributed by atoms with van der Waals surface area (Å²) in [5.41, 5.74) is 5.65. The van der Waals surface area contributed by atoms with Crippen molar-refractivity contribution in [1.82, 2.24) is 25.2 Å². The quantitative estimate of drug-likeness (QED) is 0.425. The molecule has 0 unspecified atom stereocenters. The standard InChI is InChI=1S/C25H27N5O2/c1-3-32-25(31)23-16(2)30(18-9-5-4-6-10-18)22-14-13-17(15-21(22)23)19-11-7-8-12-20(19)24-26-28-29-27-24/h7-8,11-15,18H,3-6,9-10H2,1-2H3,(H,26,27,28,29). The van der Waals surface area contributed by atoms with Crippen molar-refractivity contribution < 1.29 is 9.53 Å². The lowest BCUT2D eigenvalue weighted by Gasteiger charge is -2.26. The van der Waals surface area contributed by atoms with E-state index in [4.69, 9.17) is 4.74 Å². The van der Waals surface area contributed by atoms with E-state index >= 15 is 0 Å². The number of H-pyrrole nitrogens is 1. The fourth-order valence-corrected chi connectivity index (χ4v) is 5.09. The Kier molecular flexibility index (Phi) is 5.47. The zero-order chi connectivity index (χ0) is 22.1. The summed E-state index contributed by atoms with van der Waals surface area (Å²) in [5.74, 6) is 0.287. The van der Waals surface area contributed by atoms with Gasteiger partial charge in [-0.3, -0.25) is 0 Å². The molecule has 1 aliphatic rings. The number of nitrogens with zero attached hydrogens (tertiary/aromatic N) is 4. The van der Waals surface area contributed by atoms with Crippen LogP contribution in [0.3, 0.4) is 0 Å². The highest BCUT2D eigenvalue weighted by atomic mass is 16.5. The van der Waals surface area contributed by atoms with E-state index in [0.717, 1.165) is 46.1 Å². The van der Waals surface area contributed by atoms with Crippen LogP contribution in [0.25, 0.3) is 33.4 Å². The predicted molar refractivity (Wildman–Crippen MR) is 123 cm³/mol. The third-order valence-electron chi connectivity index (χ3n) is 6.49. The molecule has 1 N–H and O–H groups in total. The topological polar surface area (TPSA) is 85.7 Å². The number of hydrogen-bond donors (Lipinski definition) is 1. The van der Waals surface area contributed by atoms with Crippen LogP contribution in [0.5, 0.6) is 0 Å². The highest BCUT2D eigenvalue weighted by molar-refractivity contribution is 6.07. The molecular formula is C25H27N5O2. The lowest BCUT2D eigenvalue weighted by molar-refractivity contribution is 0.0527. The Morgan fingerprint density at radius 2 is 1.91 bits per heavy atom. The first kappa shape index (κ1) is 20.4. The van der Waals surface area contributed by atoms with Crippen molar-refractivity contribution in [3.63, 3.8) is 0 Å². The SMILES string of the molecule is CCOC(=O)c1c(C)n(C2CCCCC2)c2ccc(-c3ccccc3-c3nn[nH]n3)cc12. The molecule has 0 atom stereocenters. The number of carbonyl (C=O) groups is 1. The van der Waals surface area contributed by atoms with Gasteiger partial charge in [0.2, 0.25) is 5.82 Å². The van der Waals surface area contributed by atoms with Crippen LogP contribution < -0.4 is 0 Å². The third-order valence-corrected chi connectivity index (χ3v) is 6.49.